The fraction of sp³-hybridized carbons (Fsp3) is 0.500. The van der Waals surface area contributed by atoms with Gasteiger partial charge in [0, 0.05) is 12.0 Å². The minimum Gasteiger partial charge on any atom is -0.478 e. The molecule has 4 nitrogen and oxygen atoms in total. The van der Waals surface area contributed by atoms with Crippen LogP contribution in [-0.4, -0.2) is 27.9 Å². The summed E-state index contributed by atoms with van der Waals surface area (Å²) in [5.74, 6) is -0.526. The van der Waals surface area contributed by atoms with Crippen LogP contribution in [0, 0.1) is 20.8 Å². The third kappa shape index (κ3) is 1.68. The number of rotatable bonds is 1. The number of aliphatic hydroxyl groups is 1. The molecule has 1 aliphatic rings. The molecule has 0 amide bonds. The molecule has 0 fully saturated rings. The van der Waals surface area contributed by atoms with Gasteiger partial charge in [0.1, 0.15) is 11.9 Å². The van der Waals surface area contributed by atoms with Gasteiger partial charge in [0.15, 0.2) is 0 Å². The average molecular weight is 250 g/mol. The number of carbonyl (C=O) groups is 1. The monoisotopic (exact) mass is 250 g/mol. The Balaban J connectivity index is 2.60. The summed E-state index contributed by atoms with van der Waals surface area (Å²) in [7, 11) is 0. The summed E-state index contributed by atoms with van der Waals surface area (Å²) in [5, 5.41) is 19.3. The van der Waals surface area contributed by atoms with Gasteiger partial charge in [-0.3, -0.25) is 0 Å². The second-order valence-corrected chi connectivity index (χ2v) is 5.18. The molecule has 2 N–H and O–H groups in total. The van der Waals surface area contributed by atoms with E-state index in [1.54, 1.807) is 0 Å². The summed E-state index contributed by atoms with van der Waals surface area (Å²) < 4.78 is 5.64. The largest absolute Gasteiger partial charge is 0.478 e. The van der Waals surface area contributed by atoms with E-state index in [1.807, 2.05) is 26.8 Å². The van der Waals surface area contributed by atoms with Crippen LogP contribution in [0.1, 0.15) is 29.2 Å². The number of hydrogen-bond acceptors (Lipinski definition) is 3. The van der Waals surface area contributed by atoms with Crippen molar-refractivity contribution in [2.24, 2.45) is 0 Å². The smallest absolute Gasteiger partial charge is 0.350 e. The quantitative estimate of drug-likeness (QED) is 0.797. The van der Waals surface area contributed by atoms with Gasteiger partial charge >= 0.3 is 5.97 Å². The lowest BCUT2D eigenvalue weighted by atomic mass is 9.85. The summed E-state index contributed by atoms with van der Waals surface area (Å²) in [4.78, 5) is 11.3. The minimum absolute atomic E-state index is 0.311. The normalized spacial score (nSPS) is 26.4. The van der Waals surface area contributed by atoms with Crippen molar-refractivity contribution in [3.8, 4) is 5.75 Å². The van der Waals surface area contributed by atoms with Gasteiger partial charge in [-0.1, -0.05) is 6.07 Å². The molecule has 1 aromatic carbocycles. The zero-order valence-corrected chi connectivity index (χ0v) is 11.1. The number of benzene rings is 1. The molecule has 4 heteroatoms. The lowest BCUT2D eigenvalue weighted by molar-refractivity contribution is -0.166. The SMILES string of the molecule is Cc1cc(C)c2c(c1C)OC(C)(C(=O)O)C(O)C2. The topological polar surface area (TPSA) is 66.8 Å². The summed E-state index contributed by atoms with van der Waals surface area (Å²) in [6.45, 7) is 7.24. The second-order valence-electron chi connectivity index (χ2n) is 5.18. The van der Waals surface area contributed by atoms with Crippen LogP contribution in [-0.2, 0) is 11.2 Å². The van der Waals surface area contributed by atoms with Crippen LogP contribution >= 0.6 is 0 Å². The third-order valence-electron chi connectivity index (χ3n) is 3.89. The lowest BCUT2D eigenvalue weighted by Gasteiger charge is -2.38. The molecule has 0 aromatic heterocycles. The van der Waals surface area contributed by atoms with E-state index in [1.165, 1.54) is 6.92 Å². The van der Waals surface area contributed by atoms with Crippen LogP contribution in [0.4, 0.5) is 0 Å². The highest BCUT2D eigenvalue weighted by Gasteiger charge is 2.47. The van der Waals surface area contributed by atoms with Gasteiger partial charge in [-0.2, -0.15) is 0 Å². The number of ether oxygens (including phenoxy) is 1. The van der Waals surface area contributed by atoms with Crippen molar-refractivity contribution in [3.63, 3.8) is 0 Å². The van der Waals surface area contributed by atoms with Crippen molar-refractivity contribution in [1.82, 2.24) is 0 Å². The van der Waals surface area contributed by atoms with Crippen LogP contribution in [0.5, 0.6) is 5.75 Å². The summed E-state index contributed by atoms with van der Waals surface area (Å²) in [5.41, 5.74) is 2.37. The molecule has 1 aliphatic heterocycles. The number of aryl methyl sites for hydroxylation is 2. The molecule has 1 heterocycles. The highest BCUT2D eigenvalue weighted by molar-refractivity contribution is 5.79. The number of fused-ring (bicyclic) bond motifs is 1. The van der Waals surface area contributed by atoms with E-state index in [4.69, 9.17) is 4.74 Å². The molecule has 0 aliphatic carbocycles. The Hall–Kier alpha value is -1.55. The van der Waals surface area contributed by atoms with Gasteiger partial charge in [0.2, 0.25) is 5.60 Å². The first-order valence-electron chi connectivity index (χ1n) is 5.97. The van der Waals surface area contributed by atoms with Crippen molar-refractivity contribution < 1.29 is 19.7 Å². The first-order chi connectivity index (χ1) is 8.27. The van der Waals surface area contributed by atoms with Crippen LogP contribution < -0.4 is 4.74 Å². The summed E-state index contributed by atoms with van der Waals surface area (Å²) >= 11 is 0. The van der Waals surface area contributed by atoms with Crippen LogP contribution in [0.3, 0.4) is 0 Å². The van der Waals surface area contributed by atoms with E-state index >= 15 is 0 Å². The van der Waals surface area contributed by atoms with Crippen LogP contribution in [0.25, 0.3) is 0 Å². The first kappa shape index (κ1) is 12.9. The molecule has 0 spiro atoms. The number of carboxylic acids is 1. The van der Waals surface area contributed by atoms with Crippen LogP contribution in [0.2, 0.25) is 0 Å². The van der Waals surface area contributed by atoms with E-state index < -0.39 is 17.7 Å². The average Bonchev–Trinajstić information content (AvgIpc) is 2.29. The predicted molar refractivity (Wildman–Crippen MR) is 67.0 cm³/mol. The molecule has 98 valence electrons. The van der Waals surface area contributed by atoms with Crippen molar-refractivity contribution in [2.45, 2.75) is 45.8 Å². The fourth-order valence-corrected chi connectivity index (χ4v) is 2.35. The van der Waals surface area contributed by atoms with Gasteiger partial charge in [0.25, 0.3) is 0 Å². The van der Waals surface area contributed by atoms with E-state index in [0.29, 0.717) is 12.2 Å². The molecule has 2 unspecified atom stereocenters. The molecule has 0 radical (unpaired) electrons. The van der Waals surface area contributed by atoms with Crippen molar-refractivity contribution in [3.05, 3.63) is 28.3 Å². The zero-order chi connectivity index (χ0) is 13.7. The van der Waals surface area contributed by atoms with E-state index in [2.05, 4.69) is 0 Å². The van der Waals surface area contributed by atoms with Gasteiger partial charge in [-0.15, -0.1) is 0 Å². The number of aliphatic carboxylic acids is 1. The summed E-state index contributed by atoms with van der Waals surface area (Å²) in [6.07, 6.45) is -0.728. The maximum Gasteiger partial charge on any atom is 0.350 e. The molecule has 18 heavy (non-hydrogen) atoms. The fourth-order valence-electron chi connectivity index (χ4n) is 2.35. The molecule has 0 bridgehead atoms. The molecule has 1 aromatic rings. The van der Waals surface area contributed by atoms with Gasteiger partial charge < -0.3 is 14.9 Å². The van der Waals surface area contributed by atoms with E-state index in [-0.39, 0.29) is 0 Å². The molecular weight excluding hydrogens is 232 g/mol. The van der Waals surface area contributed by atoms with Gasteiger partial charge in [-0.05, 0) is 44.4 Å². The number of hydrogen-bond donors (Lipinski definition) is 2. The van der Waals surface area contributed by atoms with Crippen LogP contribution in [0.15, 0.2) is 6.07 Å². The van der Waals surface area contributed by atoms with Gasteiger partial charge in [0.05, 0.1) is 0 Å². The highest BCUT2D eigenvalue weighted by Crippen LogP contribution is 2.39. The Kier molecular flexibility index (Phi) is 2.86. The number of aliphatic hydroxyl groups excluding tert-OH is 1. The predicted octanol–water partition coefficient (Wildman–Crippen LogP) is 1.75. The molecule has 2 rings (SSSR count). The minimum atomic E-state index is -1.57. The highest BCUT2D eigenvalue weighted by atomic mass is 16.5. The zero-order valence-electron chi connectivity index (χ0n) is 11.1. The molecule has 0 saturated carbocycles. The second kappa shape index (κ2) is 3.99. The Labute approximate surface area is 106 Å². The van der Waals surface area contributed by atoms with E-state index in [9.17, 15) is 15.0 Å². The Morgan fingerprint density at radius 2 is 2.00 bits per heavy atom. The first-order valence-corrected chi connectivity index (χ1v) is 5.97. The molecular formula is C14H18O4. The lowest BCUT2D eigenvalue weighted by Crippen LogP contribution is -2.55. The molecule has 2 atom stereocenters. The Morgan fingerprint density at radius 3 is 2.56 bits per heavy atom. The Morgan fingerprint density at radius 1 is 1.39 bits per heavy atom. The summed E-state index contributed by atoms with van der Waals surface area (Å²) in [6, 6.07) is 2.04. The molecule has 0 saturated heterocycles. The Bertz CT molecular complexity index is 521. The maximum absolute atomic E-state index is 11.3. The van der Waals surface area contributed by atoms with Crippen molar-refractivity contribution in [2.75, 3.05) is 0 Å². The standard InChI is InChI=1S/C14H18O4/c1-7-5-8(2)10-6-11(15)14(4,13(16)17)18-12(10)9(7)3/h5,11,15H,6H2,1-4H3,(H,16,17). The van der Waals surface area contributed by atoms with Crippen molar-refractivity contribution in [1.29, 1.82) is 0 Å². The van der Waals surface area contributed by atoms with E-state index in [0.717, 1.165) is 22.3 Å². The van der Waals surface area contributed by atoms with Crippen molar-refractivity contribution >= 4 is 5.97 Å². The maximum atomic E-state index is 11.3. The third-order valence-corrected chi connectivity index (χ3v) is 3.89. The number of carboxylic acid groups (broad SMARTS) is 1. The van der Waals surface area contributed by atoms with Gasteiger partial charge in [-0.25, -0.2) is 4.79 Å².